The van der Waals surface area contributed by atoms with E-state index in [1.54, 1.807) is 24.5 Å². The van der Waals surface area contributed by atoms with Crippen LogP contribution in [0.2, 0.25) is 0 Å². The van der Waals surface area contributed by atoms with Crippen molar-refractivity contribution >= 4 is 22.9 Å². The van der Waals surface area contributed by atoms with Gasteiger partial charge in [-0.3, -0.25) is 9.36 Å². The molecule has 0 fully saturated rings. The molecule has 0 saturated carbocycles. The molecule has 0 saturated heterocycles. The van der Waals surface area contributed by atoms with Gasteiger partial charge in [0.05, 0.1) is 11.1 Å². The van der Waals surface area contributed by atoms with Gasteiger partial charge in [0.1, 0.15) is 11.3 Å². The molecule has 1 amide bonds. The summed E-state index contributed by atoms with van der Waals surface area (Å²) < 4.78 is 40.1. The first-order chi connectivity index (χ1) is 17.3. The van der Waals surface area contributed by atoms with E-state index in [0.29, 0.717) is 28.4 Å². The Bertz CT molecular complexity index is 1540. The number of carbonyl (C=O) groups is 1. The fourth-order valence-corrected chi connectivity index (χ4v) is 3.80. The van der Waals surface area contributed by atoms with Gasteiger partial charge in [-0.25, -0.2) is 15.0 Å². The fraction of sp³-hybridized carbons (Fsp3) is 0.0769. The van der Waals surface area contributed by atoms with E-state index in [1.807, 2.05) is 41.0 Å². The Labute approximate surface area is 203 Å². The fourth-order valence-electron chi connectivity index (χ4n) is 3.80. The molecular weight excluding hydrogens is 469 g/mol. The van der Waals surface area contributed by atoms with E-state index in [4.69, 9.17) is 10.7 Å². The summed E-state index contributed by atoms with van der Waals surface area (Å²) in [6, 6.07) is 18.8. The Morgan fingerprint density at radius 2 is 1.61 bits per heavy atom. The van der Waals surface area contributed by atoms with Crippen LogP contribution in [-0.2, 0) is 12.7 Å². The average Bonchev–Trinajstić information content (AvgIpc) is 3.27. The Morgan fingerprint density at radius 1 is 0.917 bits per heavy atom. The molecular formula is C26H19F3N6O. The van der Waals surface area contributed by atoms with Gasteiger partial charge in [-0.1, -0.05) is 12.1 Å². The van der Waals surface area contributed by atoms with Crippen molar-refractivity contribution < 1.29 is 18.0 Å². The number of pyridine rings is 2. The number of nitrogens with two attached hydrogens (primary N) is 1. The minimum absolute atomic E-state index is 0.147. The number of aromatic nitrogens is 4. The third kappa shape index (κ3) is 4.48. The van der Waals surface area contributed by atoms with E-state index >= 15 is 0 Å². The summed E-state index contributed by atoms with van der Waals surface area (Å²) >= 11 is 0. The minimum Gasteiger partial charge on any atom is -0.383 e. The smallest absolute Gasteiger partial charge is 0.383 e. The monoisotopic (exact) mass is 488 g/mol. The molecule has 0 aliphatic carbocycles. The van der Waals surface area contributed by atoms with Crippen LogP contribution in [0.1, 0.15) is 21.5 Å². The van der Waals surface area contributed by atoms with Crippen LogP contribution in [-0.4, -0.2) is 25.4 Å². The molecule has 0 spiro atoms. The third-order valence-corrected chi connectivity index (χ3v) is 5.62. The highest BCUT2D eigenvalue weighted by Gasteiger charge is 2.30. The number of benzene rings is 2. The predicted molar refractivity (Wildman–Crippen MR) is 129 cm³/mol. The zero-order chi connectivity index (χ0) is 25.3. The quantitative estimate of drug-likeness (QED) is 0.362. The molecule has 5 aromatic rings. The van der Waals surface area contributed by atoms with Crippen LogP contribution in [0.5, 0.6) is 0 Å². The number of hydrogen-bond donors (Lipinski definition) is 2. The first-order valence-electron chi connectivity index (χ1n) is 10.9. The number of anilines is 1. The molecule has 2 aromatic carbocycles. The second-order valence-corrected chi connectivity index (χ2v) is 7.98. The van der Waals surface area contributed by atoms with E-state index in [-0.39, 0.29) is 12.1 Å². The van der Waals surface area contributed by atoms with Gasteiger partial charge in [0, 0.05) is 30.2 Å². The molecule has 180 valence electrons. The van der Waals surface area contributed by atoms with Crippen LogP contribution < -0.4 is 11.1 Å². The number of amides is 1. The normalized spacial score (nSPS) is 11.5. The van der Waals surface area contributed by atoms with Crippen LogP contribution >= 0.6 is 0 Å². The maximum atomic E-state index is 12.7. The molecule has 3 N–H and O–H groups in total. The third-order valence-electron chi connectivity index (χ3n) is 5.62. The maximum Gasteiger partial charge on any atom is 0.416 e. The van der Waals surface area contributed by atoms with Gasteiger partial charge < -0.3 is 11.1 Å². The molecule has 0 aliphatic heterocycles. The molecule has 36 heavy (non-hydrogen) atoms. The Morgan fingerprint density at radius 3 is 2.31 bits per heavy atom. The van der Waals surface area contributed by atoms with Crippen molar-refractivity contribution in [3.8, 4) is 17.1 Å². The number of fused-ring (bicyclic) bond motifs is 1. The number of nitrogens with zero attached hydrogens (tertiary/aromatic N) is 4. The molecule has 3 heterocycles. The number of hydrogen-bond acceptors (Lipinski definition) is 5. The van der Waals surface area contributed by atoms with Crippen LogP contribution in [0, 0.1) is 0 Å². The highest BCUT2D eigenvalue weighted by atomic mass is 19.4. The summed E-state index contributed by atoms with van der Waals surface area (Å²) in [5, 5.41) is 2.73. The Balaban J connectivity index is 1.38. The van der Waals surface area contributed by atoms with Crippen LogP contribution in [0.25, 0.3) is 28.2 Å². The number of rotatable bonds is 5. The Hall–Kier alpha value is -4.73. The van der Waals surface area contributed by atoms with Crippen LogP contribution in [0.3, 0.4) is 0 Å². The molecule has 0 bridgehead atoms. The lowest BCUT2D eigenvalue weighted by Gasteiger charge is -2.11. The lowest BCUT2D eigenvalue weighted by molar-refractivity contribution is -0.137. The SMILES string of the molecule is Nc1ncccc1-c1nc2cccnc2n1-c1ccc(CNC(=O)c2ccc(C(F)(F)F)cc2)cc1. The first-order valence-corrected chi connectivity index (χ1v) is 10.9. The maximum absolute atomic E-state index is 12.7. The highest BCUT2D eigenvalue weighted by Crippen LogP contribution is 2.30. The summed E-state index contributed by atoms with van der Waals surface area (Å²) in [5.41, 5.74) is 9.06. The Kier molecular flexibility index (Phi) is 5.85. The molecule has 0 unspecified atom stereocenters. The lowest BCUT2D eigenvalue weighted by atomic mass is 10.1. The summed E-state index contributed by atoms with van der Waals surface area (Å²) in [7, 11) is 0. The zero-order valence-corrected chi connectivity index (χ0v) is 18.7. The summed E-state index contributed by atoms with van der Waals surface area (Å²) in [6.07, 6.45) is -1.16. The molecule has 5 rings (SSSR count). The lowest BCUT2D eigenvalue weighted by Crippen LogP contribution is -2.22. The van der Waals surface area contributed by atoms with Gasteiger partial charge in [0.25, 0.3) is 5.91 Å². The second-order valence-electron chi connectivity index (χ2n) is 7.98. The first kappa shape index (κ1) is 23.0. The van der Waals surface area contributed by atoms with Gasteiger partial charge in [-0.05, 0) is 66.2 Å². The second kappa shape index (κ2) is 9.14. The molecule has 3 aromatic heterocycles. The van der Waals surface area contributed by atoms with E-state index < -0.39 is 17.6 Å². The summed E-state index contributed by atoms with van der Waals surface area (Å²) in [6.45, 7) is 0.200. The van der Waals surface area contributed by atoms with Gasteiger partial charge in [-0.15, -0.1) is 0 Å². The number of imidazole rings is 1. The largest absolute Gasteiger partial charge is 0.416 e. The van der Waals surface area contributed by atoms with Crippen molar-refractivity contribution in [3.05, 3.63) is 102 Å². The van der Waals surface area contributed by atoms with Crippen molar-refractivity contribution in [3.63, 3.8) is 0 Å². The minimum atomic E-state index is -4.45. The standard InChI is InChI=1S/C26H19F3N6O/c27-26(28,29)18-9-7-17(8-10-18)25(36)33-15-16-5-11-19(12-6-16)35-23(20-3-1-13-31-22(20)30)34-21-4-2-14-32-24(21)35/h1-14H,15H2,(H2,30,31)(H,33,36). The topological polar surface area (TPSA) is 98.7 Å². The predicted octanol–water partition coefficient (Wildman–Crippen LogP) is 5.01. The van der Waals surface area contributed by atoms with Crippen LogP contribution in [0.4, 0.5) is 19.0 Å². The summed E-state index contributed by atoms with van der Waals surface area (Å²) in [5.74, 6) is 0.473. The van der Waals surface area contributed by atoms with Gasteiger partial charge in [0.15, 0.2) is 11.5 Å². The average molecular weight is 488 g/mol. The van der Waals surface area contributed by atoms with E-state index in [9.17, 15) is 18.0 Å². The zero-order valence-electron chi connectivity index (χ0n) is 18.7. The number of carbonyl (C=O) groups excluding carboxylic acids is 1. The van der Waals surface area contributed by atoms with Crippen molar-refractivity contribution in [1.29, 1.82) is 0 Å². The van der Waals surface area contributed by atoms with Crippen molar-refractivity contribution in [2.24, 2.45) is 0 Å². The van der Waals surface area contributed by atoms with Gasteiger partial charge in [-0.2, -0.15) is 13.2 Å². The van der Waals surface area contributed by atoms with Crippen molar-refractivity contribution in [2.45, 2.75) is 12.7 Å². The molecule has 10 heteroatoms. The number of alkyl halides is 3. The molecule has 0 radical (unpaired) electrons. The van der Waals surface area contributed by atoms with Crippen molar-refractivity contribution in [1.82, 2.24) is 24.8 Å². The summed E-state index contributed by atoms with van der Waals surface area (Å²) in [4.78, 5) is 25.7. The highest BCUT2D eigenvalue weighted by molar-refractivity contribution is 5.94. The van der Waals surface area contributed by atoms with Gasteiger partial charge in [0.2, 0.25) is 0 Å². The van der Waals surface area contributed by atoms with E-state index in [1.165, 1.54) is 0 Å². The number of nitrogen functional groups attached to an aromatic ring is 1. The van der Waals surface area contributed by atoms with Crippen LogP contribution in [0.15, 0.2) is 85.2 Å². The van der Waals surface area contributed by atoms with Crippen molar-refractivity contribution in [2.75, 3.05) is 5.73 Å². The van der Waals surface area contributed by atoms with Gasteiger partial charge >= 0.3 is 6.18 Å². The number of halogens is 3. The molecule has 7 nitrogen and oxygen atoms in total. The molecule has 0 atom stereocenters. The van der Waals surface area contributed by atoms with E-state index in [2.05, 4.69) is 15.3 Å². The molecule has 0 aliphatic rings. The van der Waals surface area contributed by atoms with E-state index in [0.717, 1.165) is 35.5 Å². The number of nitrogens with one attached hydrogen (secondary N) is 1.